The predicted octanol–water partition coefficient (Wildman–Crippen LogP) is 2.54. The number of rotatable bonds is 11. The van der Waals surface area contributed by atoms with E-state index in [9.17, 15) is 14.4 Å². The number of allylic oxidation sites excluding steroid dienone is 1. The number of carbonyl (C=O) groups is 3. The van der Waals surface area contributed by atoms with Crippen LogP contribution in [0.3, 0.4) is 0 Å². The monoisotopic (exact) mass is 550 g/mol. The molecule has 3 rings (SSSR count). The van der Waals surface area contributed by atoms with Crippen molar-refractivity contribution in [2.75, 3.05) is 33.7 Å². The van der Waals surface area contributed by atoms with Crippen LogP contribution in [0.15, 0.2) is 24.1 Å². The van der Waals surface area contributed by atoms with Crippen molar-refractivity contribution in [1.82, 2.24) is 10.3 Å². The molecule has 1 saturated heterocycles. The quantitative estimate of drug-likeness (QED) is 0.247. The molecule has 216 valence electrons. The van der Waals surface area contributed by atoms with E-state index < -0.39 is 42.9 Å². The minimum Gasteiger partial charge on any atom is -0.493 e. The van der Waals surface area contributed by atoms with Crippen LogP contribution >= 0.6 is 0 Å². The van der Waals surface area contributed by atoms with Crippen molar-refractivity contribution < 1.29 is 47.5 Å². The fraction of sp³-hybridized carbons (Fsp3) is 0.630. The number of nitrogens with zero attached hydrogens (tertiary/aromatic N) is 1. The number of hydrogen-bond donors (Lipinski definition) is 1. The van der Waals surface area contributed by atoms with Crippen LogP contribution in [-0.2, 0) is 33.3 Å². The van der Waals surface area contributed by atoms with Crippen LogP contribution in [0.4, 0.5) is 0 Å². The number of amides is 1. The minimum absolute atomic E-state index is 0.0475. The van der Waals surface area contributed by atoms with E-state index in [0.29, 0.717) is 13.0 Å². The summed E-state index contributed by atoms with van der Waals surface area (Å²) in [7, 11) is 1.39. The number of hydrogen-bond acceptors (Lipinski definition) is 11. The Morgan fingerprint density at radius 1 is 1.26 bits per heavy atom. The summed E-state index contributed by atoms with van der Waals surface area (Å²) in [6, 6.07) is 0.347. The third-order valence-corrected chi connectivity index (χ3v) is 6.13. The summed E-state index contributed by atoms with van der Waals surface area (Å²) in [6.07, 6.45) is 4.03. The van der Waals surface area contributed by atoms with Crippen molar-refractivity contribution in [3.63, 3.8) is 0 Å². The van der Waals surface area contributed by atoms with Gasteiger partial charge in [-0.3, -0.25) is 9.59 Å². The smallest absolute Gasteiger partial charge is 0.331 e. The van der Waals surface area contributed by atoms with E-state index in [1.54, 1.807) is 6.08 Å². The normalized spacial score (nSPS) is 23.1. The molecule has 12 nitrogen and oxygen atoms in total. The number of aromatic nitrogens is 1. The van der Waals surface area contributed by atoms with Gasteiger partial charge < -0.3 is 38.5 Å². The molecule has 0 unspecified atom stereocenters. The van der Waals surface area contributed by atoms with Gasteiger partial charge in [0.25, 0.3) is 5.91 Å². The molecular formula is C27H38N2O10. The SMILES string of the molecule is CCCCO[C@H]1CCOC[C@H](NC(=O)c2nccc(OC)c2OCOC(C)=O)C(=O)O[C@H]2C=C(C(C)C)O[C@@H]21. The fourth-order valence-corrected chi connectivity index (χ4v) is 4.03. The molecule has 0 radical (unpaired) electrons. The summed E-state index contributed by atoms with van der Waals surface area (Å²) < 4.78 is 39.4. The van der Waals surface area contributed by atoms with Crippen LogP contribution in [0, 0.1) is 5.92 Å². The molecule has 2 aliphatic heterocycles. The lowest BCUT2D eigenvalue weighted by Crippen LogP contribution is -2.49. The number of methoxy groups -OCH3 is 1. The first kappa shape index (κ1) is 30.2. The maximum Gasteiger partial charge on any atom is 0.331 e. The third-order valence-electron chi connectivity index (χ3n) is 6.13. The molecule has 1 fully saturated rings. The molecule has 1 N–H and O–H groups in total. The molecule has 0 aliphatic carbocycles. The van der Waals surface area contributed by atoms with E-state index in [2.05, 4.69) is 17.2 Å². The Bertz CT molecular complexity index is 1030. The molecule has 0 saturated carbocycles. The van der Waals surface area contributed by atoms with Gasteiger partial charge in [-0.05, 0) is 12.5 Å². The summed E-state index contributed by atoms with van der Waals surface area (Å²) in [6.45, 7) is 7.56. The highest BCUT2D eigenvalue weighted by Crippen LogP contribution is 2.32. The van der Waals surface area contributed by atoms with Gasteiger partial charge in [0.05, 0.1) is 19.5 Å². The molecule has 1 amide bonds. The van der Waals surface area contributed by atoms with Crippen molar-refractivity contribution in [1.29, 1.82) is 0 Å². The highest BCUT2D eigenvalue weighted by atomic mass is 16.7. The van der Waals surface area contributed by atoms with E-state index in [1.165, 1.54) is 26.3 Å². The van der Waals surface area contributed by atoms with Crippen LogP contribution < -0.4 is 14.8 Å². The number of nitrogens with one attached hydrogen (secondary N) is 1. The first-order chi connectivity index (χ1) is 18.7. The van der Waals surface area contributed by atoms with Gasteiger partial charge in [0.1, 0.15) is 6.10 Å². The highest BCUT2D eigenvalue weighted by Gasteiger charge is 2.41. The average molecular weight is 551 g/mol. The van der Waals surface area contributed by atoms with Crippen LogP contribution in [0.1, 0.15) is 57.4 Å². The Kier molecular flexibility index (Phi) is 11.4. The molecular weight excluding hydrogens is 512 g/mol. The fourth-order valence-electron chi connectivity index (χ4n) is 4.03. The van der Waals surface area contributed by atoms with Gasteiger partial charge in [-0.25, -0.2) is 9.78 Å². The zero-order valence-electron chi connectivity index (χ0n) is 23.1. The van der Waals surface area contributed by atoms with Gasteiger partial charge in [-0.1, -0.05) is 27.2 Å². The second-order valence-electron chi connectivity index (χ2n) is 9.45. The molecule has 0 spiro atoms. The number of unbranched alkanes of at least 4 members (excludes halogenated alkanes) is 1. The van der Waals surface area contributed by atoms with Gasteiger partial charge in [0, 0.05) is 44.7 Å². The molecule has 39 heavy (non-hydrogen) atoms. The number of fused-ring (bicyclic) bond motifs is 1. The largest absolute Gasteiger partial charge is 0.493 e. The Labute approximate surface area is 228 Å². The van der Waals surface area contributed by atoms with Crippen LogP contribution in [-0.4, -0.2) is 80.9 Å². The number of esters is 2. The summed E-state index contributed by atoms with van der Waals surface area (Å²) in [5.41, 5.74) is -0.167. The van der Waals surface area contributed by atoms with Crippen molar-refractivity contribution in [2.24, 2.45) is 5.92 Å². The van der Waals surface area contributed by atoms with E-state index >= 15 is 0 Å². The van der Waals surface area contributed by atoms with Crippen LogP contribution in [0.2, 0.25) is 0 Å². The summed E-state index contributed by atoms with van der Waals surface area (Å²) in [5.74, 6) is -1.03. The maximum atomic E-state index is 13.3. The van der Waals surface area contributed by atoms with E-state index in [0.717, 1.165) is 18.6 Å². The zero-order valence-corrected chi connectivity index (χ0v) is 23.1. The zero-order chi connectivity index (χ0) is 28.4. The Morgan fingerprint density at radius 3 is 2.74 bits per heavy atom. The first-order valence-electron chi connectivity index (χ1n) is 13.1. The van der Waals surface area contributed by atoms with E-state index in [4.69, 9.17) is 33.2 Å². The first-order valence-corrected chi connectivity index (χ1v) is 13.1. The van der Waals surface area contributed by atoms with Crippen LogP contribution in [0.25, 0.3) is 0 Å². The Balaban J connectivity index is 1.78. The second kappa shape index (κ2) is 14.7. The average Bonchev–Trinajstić information content (AvgIpc) is 3.32. The summed E-state index contributed by atoms with van der Waals surface area (Å²) in [5, 5.41) is 2.62. The Hall–Kier alpha value is -3.38. The molecule has 3 heterocycles. The lowest BCUT2D eigenvalue weighted by Gasteiger charge is -2.31. The van der Waals surface area contributed by atoms with Crippen LogP contribution in [0.5, 0.6) is 11.5 Å². The lowest BCUT2D eigenvalue weighted by molar-refractivity contribution is -0.163. The minimum atomic E-state index is -1.14. The van der Waals surface area contributed by atoms with Crippen molar-refractivity contribution >= 4 is 17.8 Å². The molecule has 1 aromatic heterocycles. The number of pyridine rings is 1. The standard InChI is InChI=1S/C27H38N2O10/c1-6-7-11-35-20-9-12-34-14-18(27(32)39-22-13-21(16(2)3)38-24(20)22)29-26(31)23-25(37-15-36-17(4)30)19(33-5)8-10-28-23/h8,10,13,16,18,20,22,24H,6-7,9,11-12,14-15H2,1-5H3,(H,29,31)/t18-,20-,22-,24+/m0/s1. The van der Waals surface area contributed by atoms with Crippen molar-refractivity contribution in [2.45, 2.75) is 71.3 Å². The van der Waals surface area contributed by atoms with Gasteiger partial charge in [-0.2, -0.15) is 0 Å². The number of carbonyl (C=O) groups excluding carboxylic acids is 3. The van der Waals surface area contributed by atoms with Gasteiger partial charge >= 0.3 is 11.9 Å². The molecule has 4 atom stereocenters. The summed E-state index contributed by atoms with van der Waals surface area (Å²) >= 11 is 0. The summed E-state index contributed by atoms with van der Waals surface area (Å²) in [4.78, 5) is 41.7. The third kappa shape index (κ3) is 8.30. The van der Waals surface area contributed by atoms with Gasteiger partial charge in [-0.15, -0.1) is 0 Å². The molecule has 12 heteroatoms. The molecule has 0 bridgehead atoms. The maximum absolute atomic E-state index is 13.3. The molecule has 1 aromatic rings. The van der Waals surface area contributed by atoms with Gasteiger partial charge in [0.2, 0.25) is 6.79 Å². The number of ether oxygens (including phenoxy) is 7. The highest BCUT2D eigenvalue weighted by molar-refractivity contribution is 5.98. The van der Waals surface area contributed by atoms with E-state index in [-0.39, 0.29) is 42.4 Å². The Morgan fingerprint density at radius 2 is 2.05 bits per heavy atom. The van der Waals surface area contributed by atoms with E-state index in [1.807, 2.05) is 13.8 Å². The molecule has 0 aromatic carbocycles. The topological polar surface area (TPSA) is 141 Å². The van der Waals surface area contributed by atoms with Crippen molar-refractivity contribution in [3.05, 3.63) is 29.8 Å². The second-order valence-corrected chi connectivity index (χ2v) is 9.45. The lowest BCUT2D eigenvalue weighted by atomic mass is 10.0. The van der Waals surface area contributed by atoms with Crippen molar-refractivity contribution in [3.8, 4) is 11.5 Å². The van der Waals surface area contributed by atoms with Gasteiger partial charge in [0.15, 0.2) is 35.4 Å². The predicted molar refractivity (Wildman–Crippen MR) is 137 cm³/mol. The molecule has 2 aliphatic rings.